The molecule has 0 aromatic carbocycles. The Kier molecular flexibility index (Phi) is 4.45. The normalized spacial score (nSPS) is 10.9. The predicted octanol–water partition coefficient (Wildman–Crippen LogP) is 2.96. The molecule has 0 radical (unpaired) electrons. The summed E-state index contributed by atoms with van der Waals surface area (Å²) in [4.78, 5) is 12.0. The average Bonchev–Trinajstić information content (AvgIpc) is 2.77. The monoisotopic (exact) mass is 281 g/mol. The van der Waals surface area contributed by atoms with Gasteiger partial charge in [0, 0.05) is 25.4 Å². The van der Waals surface area contributed by atoms with Crippen LogP contribution in [0.4, 0.5) is 0 Å². The number of hydrogen-bond acceptors (Lipinski definition) is 3. The Hall–Kier alpha value is -1.52. The summed E-state index contributed by atoms with van der Waals surface area (Å²) in [5.74, 6) is -0.350. The van der Waals surface area contributed by atoms with Crippen molar-refractivity contribution >= 4 is 23.1 Å². The number of methoxy groups -OCH3 is 1. The summed E-state index contributed by atoms with van der Waals surface area (Å²) in [5, 5.41) is 0.536. The van der Waals surface area contributed by atoms with E-state index in [1.54, 1.807) is 20.1 Å². The first kappa shape index (κ1) is 13.9. The molecular formula is C14H16ClNO3. The average molecular weight is 282 g/mol. The molecule has 102 valence electrons. The number of rotatable bonds is 5. The third-order valence-corrected chi connectivity index (χ3v) is 3.18. The molecule has 0 aliphatic carbocycles. The van der Waals surface area contributed by atoms with Gasteiger partial charge in [-0.05, 0) is 25.1 Å². The highest BCUT2D eigenvalue weighted by molar-refractivity contribution is 6.34. The maximum Gasteiger partial charge on any atom is 0.340 e. The van der Waals surface area contributed by atoms with Gasteiger partial charge in [0.2, 0.25) is 0 Å². The fourth-order valence-electron chi connectivity index (χ4n) is 2.05. The van der Waals surface area contributed by atoms with Crippen LogP contribution in [-0.4, -0.2) is 30.7 Å². The lowest BCUT2D eigenvalue weighted by Crippen LogP contribution is -2.04. The number of nitrogens with zero attached hydrogens (tertiary/aromatic N) is 1. The van der Waals surface area contributed by atoms with Crippen molar-refractivity contribution in [3.05, 3.63) is 40.7 Å². The minimum atomic E-state index is -0.350. The summed E-state index contributed by atoms with van der Waals surface area (Å²) in [6.45, 7) is 2.71. The molecule has 0 fully saturated rings. The Balaban J connectivity index is 2.53. The lowest BCUT2D eigenvalue weighted by molar-refractivity contribution is 0.0528. The molecule has 0 atom stereocenters. The Morgan fingerprint density at radius 3 is 2.95 bits per heavy atom. The van der Waals surface area contributed by atoms with E-state index in [0.29, 0.717) is 35.7 Å². The molecule has 2 heterocycles. The SMILES string of the molecule is CCOC(=O)c1cc(CCOC)n2cccc(Cl)c12. The Labute approximate surface area is 116 Å². The quantitative estimate of drug-likeness (QED) is 0.791. The molecule has 0 saturated heterocycles. The predicted molar refractivity (Wildman–Crippen MR) is 73.9 cm³/mol. The molecule has 2 aromatic heterocycles. The first-order valence-electron chi connectivity index (χ1n) is 6.13. The largest absolute Gasteiger partial charge is 0.462 e. The van der Waals surface area contributed by atoms with Crippen molar-refractivity contribution in [3.63, 3.8) is 0 Å². The van der Waals surface area contributed by atoms with Crippen molar-refractivity contribution in [1.82, 2.24) is 4.40 Å². The summed E-state index contributed by atoms with van der Waals surface area (Å²) in [6.07, 6.45) is 2.59. The lowest BCUT2D eigenvalue weighted by Gasteiger charge is -2.04. The first-order chi connectivity index (χ1) is 9.19. The van der Waals surface area contributed by atoms with E-state index in [-0.39, 0.29) is 5.97 Å². The van der Waals surface area contributed by atoms with Crippen molar-refractivity contribution in [2.75, 3.05) is 20.3 Å². The second kappa shape index (κ2) is 6.08. The number of fused-ring (bicyclic) bond motifs is 1. The van der Waals surface area contributed by atoms with Crippen molar-refractivity contribution in [3.8, 4) is 0 Å². The summed E-state index contributed by atoms with van der Waals surface area (Å²) in [6, 6.07) is 5.43. The second-order valence-electron chi connectivity index (χ2n) is 4.09. The van der Waals surface area contributed by atoms with E-state index < -0.39 is 0 Å². The topological polar surface area (TPSA) is 39.9 Å². The van der Waals surface area contributed by atoms with E-state index in [1.165, 1.54) is 0 Å². The number of halogens is 1. The number of carbonyl (C=O) groups excluding carboxylic acids is 1. The second-order valence-corrected chi connectivity index (χ2v) is 4.49. The lowest BCUT2D eigenvalue weighted by atomic mass is 10.2. The van der Waals surface area contributed by atoms with Crippen LogP contribution < -0.4 is 0 Å². The third kappa shape index (κ3) is 2.74. The zero-order chi connectivity index (χ0) is 13.8. The fourth-order valence-corrected chi connectivity index (χ4v) is 2.31. The van der Waals surface area contributed by atoms with Crippen LogP contribution in [0.5, 0.6) is 0 Å². The molecule has 4 nitrogen and oxygen atoms in total. The number of carbonyl (C=O) groups is 1. The standard InChI is InChI=1S/C14H16ClNO3/c1-3-19-14(17)11-9-10(6-8-18-2)16-7-4-5-12(15)13(11)16/h4-5,7,9H,3,6,8H2,1-2H3. The zero-order valence-corrected chi connectivity index (χ0v) is 11.7. The summed E-state index contributed by atoms with van der Waals surface area (Å²) >= 11 is 6.19. The van der Waals surface area contributed by atoms with Gasteiger partial charge in [-0.3, -0.25) is 0 Å². The van der Waals surface area contributed by atoms with Gasteiger partial charge >= 0.3 is 5.97 Å². The van der Waals surface area contributed by atoms with Crippen LogP contribution in [0.1, 0.15) is 23.0 Å². The molecule has 2 rings (SSSR count). The van der Waals surface area contributed by atoms with Gasteiger partial charge in [-0.15, -0.1) is 0 Å². The molecule has 0 aliphatic heterocycles. The molecule has 0 saturated carbocycles. The van der Waals surface area contributed by atoms with E-state index in [2.05, 4.69) is 0 Å². The first-order valence-corrected chi connectivity index (χ1v) is 6.51. The van der Waals surface area contributed by atoms with Gasteiger partial charge in [0.05, 0.1) is 29.3 Å². The van der Waals surface area contributed by atoms with Crippen molar-refractivity contribution in [2.45, 2.75) is 13.3 Å². The molecule has 0 N–H and O–H groups in total. The Bertz CT molecular complexity index is 592. The number of pyridine rings is 1. The Morgan fingerprint density at radius 1 is 1.47 bits per heavy atom. The van der Waals surface area contributed by atoms with Crippen LogP contribution in [-0.2, 0) is 15.9 Å². The van der Waals surface area contributed by atoms with Crippen molar-refractivity contribution in [2.24, 2.45) is 0 Å². The van der Waals surface area contributed by atoms with Crippen LogP contribution >= 0.6 is 11.6 Å². The van der Waals surface area contributed by atoms with Crippen LogP contribution in [0, 0.1) is 0 Å². The van der Waals surface area contributed by atoms with Gasteiger partial charge in [-0.2, -0.15) is 0 Å². The van der Waals surface area contributed by atoms with E-state index >= 15 is 0 Å². The van der Waals surface area contributed by atoms with E-state index in [0.717, 1.165) is 5.69 Å². The fraction of sp³-hybridized carbons (Fsp3) is 0.357. The van der Waals surface area contributed by atoms with E-state index in [4.69, 9.17) is 21.1 Å². The minimum absolute atomic E-state index is 0.341. The van der Waals surface area contributed by atoms with Gasteiger partial charge in [-0.25, -0.2) is 4.79 Å². The molecule has 2 aromatic rings. The molecule has 0 bridgehead atoms. The molecular weight excluding hydrogens is 266 g/mol. The van der Waals surface area contributed by atoms with E-state index in [9.17, 15) is 4.79 Å². The van der Waals surface area contributed by atoms with Gasteiger partial charge in [0.15, 0.2) is 0 Å². The number of ether oxygens (including phenoxy) is 2. The van der Waals surface area contributed by atoms with Gasteiger partial charge in [0.25, 0.3) is 0 Å². The highest BCUT2D eigenvalue weighted by Gasteiger charge is 2.18. The number of hydrogen-bond donors (Lipinski definition) is 0. The Morgan fingerprint density at radius 2 is 2.26 bits per heavy atom. The maximum atomic E-state index is 12.0. The van der Waals surface area contributed by atoms with Gasteiger partial charge in [0.1, 0.15) is 0 Å². The summed E-state index contributed by atoms with van der Waals surface area (Å²) in [7, 11) is 1.65. The molecule has 0 spiro atoms. The molecule has 5 heteroatoms. The molecule has 19 heavy (non-hydrogen) atoms. The van der Waals surface area contributed by atoms with E-state index in [1.807, 2.05) is 22.7 Å². The smallest absolute Gasteiger partial charge is 0.340 e. The van der Waals surface area contributed by atoms with Crippen molar-refractivity contribution < 1.29 is 14.3 Å². The number of aromatic nitrogens is 1. The van der Waals surface area contributed by atoms with Crippen LogP contribution in [0.2, 0.25) is 5.02 Å². The van der Waals surface area contributed by atoms with Crippen LogP contribution in [0.3, 0.4) is 0 Å². The third-order valence-electron chi connectivity index (χ3n) is 2.88. The van der Waals surface area contributed by atoms with Crippen LogP contribution in [0.15, 0.2) is 24.4 Å². The molecule has 0 unspecified atom stereocenters. The minimum Gasteiger partial charge on any atom is -0.462 e. The van der Waals surface area contributed by atoms with Crippen molar-refractivity contribution in [1.29, 1.82) is 0 Å². The molecule has 0 amide bonds. The molecule has 0 aliphatic rings. The number of esters is 1. The highest BCUT2D eigenvalue weighted by atomic mass is 35.5. The van der Waals surface area contributed by atoms with Gasteiger partial charge < -0.3 is 13.9 Å². The summed E-state index contributed by atoms with van der Waals surface area (Å²) in [5.41, 5.74) is 2.16. The van der Waals surface area contributed by atoms with Gasteiger partial charge in [-0.1, -0.05) is 11.6 Å². The highest BCUT2D eigenvalue weighted by Crippen LogP contribution is 2.25. The maximum absolute atomic E-state index is 12.0. The van der Waals surface area contributed by atoms with Crippen LogP contribution in [0.25, 0.3) is 5.52 Å². The summed E-state index contributed by atoms with van der Waals surface area (Å²) < 4.78 is 12.1. The zero-order valence-electron chi connectivity index (χ0n) is 11.0.